The van der Waals surface area contributed by atoms with Gasteiger partial charge < -0.3 is 9.88 Å². The molecule has 140 valence electrons. The third kappa shape index (κ3) is 3.82. The zero-order chi connectivity index (χ0) is 18.8. The molecule has 0 bridgehead atoms. The largest absolute Gasteiger partial charge is 0.349 e. The number of rotatable bonds is 5. The molecule has 0 spiro atoms. The van der Waals surface area contributed by atoms with Crippen LogP contribution in [0.4, 0.5) is 4.39 Å². The lowest BCUT2D eigenvalue weighted by molar-refractivity contribution is -0.123. The van der Waals surface area contributed by atoms with Crippen LogP contribution in [0.3, 0.4) is 0 Å². The van der Waals surface area contributed by atoms with Crippen LogP contribution in [-0.2, 0) is 11.3 Å². The molecule has 0 unspecified atom stereocenters. The first kappa shape index (κ1) is 17.9. The molecule has 1 amide bonds. The number of halogens is 1. The smallest absolute Gasteiger partial charge is 0.234 e. The third-order valence-electron chi connectivity index (χ3n) is 5.15. The Morgan fingerprint density at radius 2 is 2.04 bits per heavy atom. The van der Waals surface area contributed by atoms with E-state index in [0.717, 1.165) is 23.5 Å². The Labute approximate surface area is 162 Å². The summed E-state index contributed by atoms with van der Waals surface area (Å²) in [5, 5.41) is 5.13. The summed E-state index contributed by atoms with van der Waals surface area (Å²) in [5.74, 6) is -0.301. The number of thiophene rings is 1. The third-order valence-corrected chi connectivity index (χ3v) is 6.09. The van der Waals surface area contributed by atoms with Crippen molar-refractivity contribution in [2.24, 2.45) is 0 Å². The SMILES string of the molecule is C[C@@H]1c2cccn2CCN1CC(=O)N[C@@H](c1ccc(F)cc1)c1cccs1. The number of hydrogen-bond acceptors (Lipinski definition) is 3. The molecule has 3 heterocycles. The summed E-state index contributed by atoms with van der Waals surface area (Å²) in [7, 11) is 0. The fraction of sp³-hybridized carbons (Fsp3) is 0.286. The summed E-state index contributed by atoms with van der Waals surface area (Å²) in [4.78, 5) is 16.1. The first-order valence-corrected chi connectivity index (χ1v) is 9.97. The van der Waals surface area contributed by atoms with Crippen molar-refractivity contribution in [2.75, 3.05) is 13.1 Å². The van der Waals surface area contributed by atoms with Crippen LogP contribution in [0.1, 0.15) is 35.1 Å². The average Bonchev–Trinajstić information content (AvgIpc) is 3.35. The van der Waals surface area contributed by atoms with E-state index in [4.69, 9.17) is 0 Å². The van der Waals surface area contributed by atoms with Crippen LogP contribution in [0.25, 0.3) is 0 Å². The Bertz CT molecular complexity index is 904. The molecule has 4 rings (SSSR count). The highest BCUT2D eigenvalue weighted by Crippen LogP contribution is 2.27. The van der Waals surface area contributed by atoms with Gasteiger partial charge in [0.15, 0.2) is 0 Å². The van der Waals surface area contributed by atoms with Crippen LogP contribution in [0, 0.1) is 5.82 Å². The minimum absolute atomic E-state index is 0.0235. The molecular formula is C21H22FN3OS. The monoisotopic (exact) mass is 383 g/mol. The number of benzene rings is 1. The van der Waals surface area contributed by atoms with Gasteiger partial charge in [0.1, 0.15) is 5.82 Å². The van der Waals surface area contributed by atoms with Crippen molar-refractivity contribution in [3.63, 3.8) is 0 Å². The summed E-state index contributed by atoms with van der Waals surface area (Å²) in [5.41, 5.74) is 2.12. The summed E-state index contributed by atoms with van der Waals surface area (Å²) in [6, 6.07) is 14.4. The van der Waals surface area contributed by atoms with Crippen LogP contribution in [0.2, 0.25) is 0 Å². The number of fused-ring (bicyclic) bond motifs is 1. The van der Waals surface area contributed by atoms with Crippen LogP contribution in [-0.4, -0.2) is 28.5 Å². The zero-order valence-electron chi connectivity index (χ0n) is 15.1. The average molecular weight is 383 g/mol. The molecule has 0 aliphatic carbocycles. The highest BCUT2D eigenvalue weighted by Gasteiger charge is 2.26. The molecule has 4 nitrogen and oxygen atoms in total. The number of amides is 1. The van der Waals surface area contributed by atoms with E-state index in [1.54, 1.807) is 23.5 Å². The van der Waals surface area contributed by atoms with E-state index in [2.05, 4.69) is 40.0 Å². The summed E-state index contributed by atoms with van der Waals surface area (Å²) in [6.45, 7) is 4.22. The Morgan fingerprint density at radius 1 is 1.22 bits per heavy atom. The van der Waals surface area contributed by atoms with Gasteiger partial charge in [-0.15, -0.1) is 11.3 Å². The summed E-state index contributed by atoms with van der Waals surface area (Å²) < 4.78 is 15.6. The first-order valence-electron chi connectivity index (χ1n) is 9.09. The molecule has 2 atom stereocenters. The van der Waals surface area contributed by atoms with Crippen molar-refractivity contribution in [1.29, 1.82) is 0 Å². The molecule has 1 N–H and O–H groups in total. The van der Waals surface area contributed by atoms with Crippen LogP contribution in [0.15, 0.2) is 60.1 Å². The Kier molecular flexibility index (Phi) is 5.09. The molecule has 0 saturated carbocycles. The van der Waals surface area contributed by atoms with Crippen LogP contribution in [0.5, 0.6) is 0 Å². The maximum atomic E-state index is 13.3. The van der Waals surface area contributed by atoms with Crippen molar-refractivity contribution in [3.05, 3.63) is 82.1 Å². The molecule has 0 saturated heterocycles. The second-order valence-electron chi connectivity index (χ2n) is 6.84. The van der Waals surface area contributed by atoms with Gasteiger partial charge in [-0.3, -0.25) is 9.69 Å². The van der Waals surface area contributed by atoms with Gasteiger partial charge in [-0.1, -0.05) is 18.2 Å². The number of nitrogens with zero attached hydrogens (tertiary/aromatic N) is 2. The van der Waals surface area contributed by atoms with E-state index >= 15 is 0 Å². The topological polar surface area (TPSA) is 37.3 Å². The molecule has 6 heteroatoms. The van der Waals surface area contributed by atoms with E-state index in [9.17, 15) is 9.18 Å². The lowest BCUT2D eigenvalue weighted by Gasteiger charge is -2.34. The molecular weight excluding hydrogens is 361 g/mol. The lowest BCUT2D eigenvalue weighted by Crippen LogP contribution is -2.44. The second kappa shape index (κ2) is 7.66. The Morgan fingerprint density at radius 3 is 2.78 bits per heavy atom. The molecule has 1 aliphatic rings. The van der Waals surface area contributed by atoms with E-state index in [0.29, 0.717) is 6.54 Å². The highest BCUT2D eigenvalue weighted by atomic mass is 32.1. The van der Waals surface area contributed by atoms with Gasteiger partial charge in [0.05, 0.1) is 12.6 Å². The van der Waals surface area contributed by atoms with Crippen LogP contribution < -0.4 is 5.32 Å². The van der Waals surface area contributed by atoms with E-state index in [1.807, 2.05) is 17.5 Å². The van der Waals surface area contributed by atoms with Crippen molar-refractivity contribution < 1.29 is 9.18 Å². The van der Waals surface area contributed by atoms with E-state index < -0.39 is 0 Å². The minimum Gasteiger partial charge on any atom is -0.349 e. The van der Waals surface area contributed by atoms with Crippen molar-refractivity contribution >= 4 is 17.2 Å². The molecule has 2 aromatic heterocycles. The number of aromatic nitrogens is 1. The van der Waals surface area contributed by atoms with E-state index in [1.165, 1.54) is 17.8 Å². The zero-order valence-corrected chi connectivity index (χ0v) is 16.0. The van der Waals surface area contributed by atoms with Gasteiger partial charge in [-0.05, 0) is 48.2 Å². The number of nitrogens with one attached hydrogen (secondary N) is 1. The Hall–Kier alpha value is -2.44. The fourth-order valence-corrected chi connectivity index (χ4v) is 4.47. The Balaban J connectivity index is 1.48. The minimum atomic E-state index is -0.278. The molecule has 0 fully saturated rings. The standard InChI is InChI=1S/C21H22FN3OS/c1-15-18-4-2-10-24(18)11-12-25(15)14-20(26)23-21(19-5-3-13-27-19)16-6-8-17(22)9-7-16/h2-10,13,15,21H,11-12,14H2,1H3,(H,23,26)/t15-,21+/m1/s1. The fourth-order valence-electron chi connectivity index (χ4n) is 3.66. The number of carbonyl (C=O) groups is 1. The van der Waals surface area contributed by atoms with Crippen molar-refractivity contribution in [3.8, 4) is 0 Å². The quantitative estimate of drug-likeness (QED) is 0.724. The second-order valence-corrected chi connectivity index (χ2v) is 7.82. The molecule has 3 aromatic rings. The van der Waals surface area contributed by atoms with E-state index in [-0.39, 0.29) is 23.8 Å². The van der Waals surface area contributed by atoms with Gasteiger partial charge in [-0.2, -0.15) is 0 Å². The molecule has 0 radical (unpaired) electrons. The first-order chi connectivity index (χ1) is 13.1. The van der Waals surface area contributed by atoms with Gasteiger partial charge >= 0.3 is 0 Å². The highest BCUT2D eigenvalue weighted by molar-refractivity contribution is 7.10. The summed E-state index contributed by atoms with van der Waals surface area (Å²) in [6.07, 6.45) is 2.09. The predicted molar refractivity (Wildman–Crippen MR) is 105 cm³/mol. The molecule has 1 aromatic carbocycles. The van der Waals surface area contributed by atoms with Gasteiger partial charge in [0, 0.05) is 35.9 Å². The van der Waals surface area contributed by atoms with Gasteiger partial charge in [-0.25, -0.2) is 4.39 Å². The maximum Gasteiger partial charge on any atom is 0.234 e. The number of carbonyl (C=O) groups excluding carboxylic acids is 1. The predicted octanol–water partition coefficient (Wildman–Crippen LogP) is 3.97. The lowest BCUT2D eigenvalue weighted by atomic mass is 10.1. The normalized spacial score (nSPS) is 18.1. The van der Waals surface area contributed by atoms with Gasteiger partial charge in [0.25, 0.3) is 0 Å². The molecule has 27 heavy (non-hydrogen) atoms. The van der Waals surface area contributed by atoms with Gasteiger partial charge in [0.2, 0.25) is 5.91 Å². The van der Waals surface area contributed by atoms with Crippen molar-refractivity contribution in [1.82, 2.24) is 14.8 Å². The van der Waals surface area contributed by atoms with Crippen molar-refractivity contribution in [2.45, 2.75) is 25.6 Å². The molecule has 1 aliphatic heterocycles. The number of hydrogen-bond donors (Lipinski definition) is 1. The maximum absolute atomic E-state index is 13.3. The van der Waals surface area contributed by atoms with Crippen LogP contribution >= 0.6 is 11.3 Å². The summed E-state index contributed by atoms with van der Waals surface area (Å²) >= 11 is 1.59.